The molecule has 0 saturated heterocycles. The van der Waals surface area contributed by atoms with E-state index in [0.717, 1.165) is 18.8 Å². The predicted molar refractivity (Wildman–Crippen MR) is 87.1 cm³/mol. The van der Waals surface area contributed by atoms with Crippen molar-refractivity contribution >= 4 is 11.3 Å². The van der Waals surface area contributed by atoms with Gasteiger partial charge in [0.05, 0.1) is 13.1 Å². The van der Waals surface area contributed by atoms with Crippen LogP contribution in [-0.4, -0.2) is 5.06 Å². The van der Waals surface area contributed by atoms with Gasteiger partial charge in [0.2, 0.25) is 0 Å². The number of hydroxylamine groups is 2. The summed E-state index contributed by atoms with van der Waals surface area (Å²) in [6.07, 6.45) is 0. The molecule has 0 amide bonds. The first kappa shape index (κ1) is 13.9. The molecule has 21 heavy (non-hydrogen) atoms. The summed E-state index contributed by atoms with van der Waals surface area (Å²) in [4.78, 5) is 7.33. The minimum atomic E-state index is 0.758. The number of nitrogens with zero attached hydrogens (tertiary/aromatic N) is 1. The van der Waals surface area contributed by atoms with Crippen LogP contribution in [-0.2, 0) is 13.1 Å². The fourth-order valence-corrected chi connectivity index (χ4v) is 2.82. The Bertz CT molecular complexity index is 596. The lowest BCUT2D eigenvalue weighted by molar-refractivity contribution is -0.0749. The van der Waals surface area contributed by atoms with Crippen LogP contribution in [0, 0.1) is 0 Å². The van der Waals surface area contributed by atoms with Gasteiger partial charge < -0.3 is 4.84 Å². The lowest BCUT2D eigenvalue weighted by Gasteiger charge is -2.22. The molecule has 0 unspecified atom stereocenters. The SMILES string of the molecule is c1ccc(CN(Cc2cccs2)Oc2ccccc2)cc1. The molecule has 0 aliphatic heterocycles. The molecule has 1 aromatic heterocycles. The van der Waals surface area contributed by atoms with Gasteiger partial charge in [-0.3, -0.25) is 0 Å². The molecule has 0 aliphatic carbocycles. The van der Waals surface area contributed by atoms with Crippen molar-refractivity contribution in [2.75, 3.05) is 0 Å². The summed E-state index contributed by atoms with van der Waals surface area (Å²) >= 11 is 1.75. The first-order valence-electron chi connectivity index (χ1n) is 6.94. The third kappa shape index (κ3) is 4.18. The fraction of sp³-hybridized carbons (Fsp3) is 0.111. The molecule has 0 spiro atoms. The standard InChI is InChI=1S/C18H17NOS/c1-3-8-16(9-4-1)14-19(15-18-12-7-13-21-18)20-17-10-5-2-6-11-17/h1-13H,14-15H2. The van der Waals surface area contributed by atoms with Gasteiger partial charge in [0.25, 0.3) is 0 Å². The molecule has 106 valence electrons. The van der Waals surface area contributed by atoms with Gasteiger partial charge >= 0.3 is 0 Å². The molecule has 1 heterocycles. The lowest BCUT2D eigenvalue weighted by atomic mass is 10.2. The van der Waals surface area contributed by atoms with Crippen LogP contribution in [0.5, 0.6) is 5.75 Å². The number of rotatable bonds is 6. The van der Waals surface area contributed by atoms with Crippen molar-refractivity contribution in [3.05, 3.63) is 88.6 Å². The van der Waals surface area contributed by atoms with E-state index in [0.29, 0.717) is 0 Å². The molecule has 2 aromatic carbocycles. The Morgan fingerprint density at radius 2 is 1.48 bits per heavy atom. The normalized spacial score (nSPS) is 10.7. The maximum atomic E-state index is 6.03. The van der Waals surface area contributed by atoms with Gasteiger partial charge in [-0.05, 0) is 29.1 Å². The lowest BCUT2D eigenvalue weighted by Crippen LogP contribution is -2.26. The van der Waals surface area contributed by atoms with Gasteiger partial charge in [-0.1, -0.05) is 54.6 Å². The van der Waals surface area contributed by atoms with E-state index < -0.39 is 0 Å². The third-order valence-corrected chi connectivity index (χ3v) is 3.95. The second-order valence-corrected chi connectivity index (χ2v) is 5.80. The van der Waals surface area contributed by atoms with Crippen LogP contribution in [0.1, 0.15) is 10.4 Å². The van der Waals surface area contributed by atoms with Crippen molar-refractivity contribution in [1.29, 1.82) is 0 Å². The van der Waals surface area contributed by atoms with Crippen molar-refractivity contribution in [3.63, 3.8) is 0 Å². The molecule has 0 radical (unpaired) electrons. The average Bonchev–Trinajstić information content (AvgIpc) is 3.02. The summed E-state index contributed by atoms with van der Waals surface area (Å²) in [5, 5.41) is 4.09. The van der Waals surface area contributed by atoms with Crippen LogP contribution >= 0.6 is 11.3 Å². The quantitative estimate of drug-likeness (QED) is 0.609. The van der Waals surface area contributed by atoms with E-state index >= 15 is 0 Å². The molecule has 2 nitrogen and oxygen atoms in total. The molecule has 0 N–H and O–H groups in total. The summed E-state index contributed by atoms with van der Waals surface area (Å²) in [5.74, 6) is 0.866. The van der Waals surface area contributed by atoms with Gasteiger partial charge in [0.15, 0.2) is 0 Å². The molecular formula is C18H17NOS. The fourth-order valence-electron chi connectivity index (χ4n) is 2.11. The van der Waals surface area contributed by atoms with E-state index in [1.165, 1.54) is 10.4 Å². The first-order valence-corrected chi connectivity index (χ1v) is 7.82. The first-order chi connectivity index (χ1) is 10.4. The Labute approximate surface area is 129 Å². The second-order valence-electron chi connectivity index (χ2n) is 4.77. The van der Waals surface area contributed by atoms with Gasteiger partial charge in [0, 0.05) is 4.88 Å². The molecule has 0 bridgehead atoms. The molecule has 3 rings (SSSR count). The minimum Gasteiger partial charge on any atom is -0.405 e. The Balaban J connectivity index is 1.74. The maximum absolute atomic E-state index is 6.03. The van der Waals surface area contributed by atoms with E-state index in [1.54, 1.807) is 11.3 Å². The van der Waals surface area contributed by atoms with Crippen LogP contribution in [0.15, 0.2) is 78.2 Å². The van der Waals surface area contributed by atoms with Gasteiger partial charge in [-0.15, -0.1) is 16.4 Å². The van der Waals surface area contributed by atoms with Crippen molar-refractivity contribution in [3.8, 4) is 5.75 Å². The summed E-state index contributed by atoms with van der Waals surface area (Å²) in [7, 11) is 0. The van der Waals surface area contributed by atoms with Gasteiger partial charge in [-0.25, -0.2) is 0 Å². The second kappa shape index (κ2) is 7.07. The minimum absolute atomic E-state index is 0.758. The zero-order chi connectivity index (χ0) is 14.3. The highest BCUT2D eigenvalue weighted by atomic mass is 32.1. The average molecular weight is 295 g/mol. The van der Waals surface area contributed by atoms with E-state index in [1.807, 2.05) is 41.5 Å². The van der Waals surface area contributed by atoms with E-state index in [9.17, 15) is 0 Å². The van der Waals surface area contributed by atoms with Crippen LogP contribution in [0.3, 0.4) is 0 Å². The van der Waals surface area contributed by atoms with Crippen LogP contribution in [0.2, 0.25) is 0 Å². The monoisotopic (exact) mass is 295 g/mol. The highest BCUT2D eigenvalue weighted by molar-refractivity contribution is 7.09. The highest BCUT2D eigenvalue weighted by Gasteiger charge is 2.10. The molecule has 3 heteroatoms. The molecule has 3 aromatic rings. The molecule has 0 fully saturated rings. The van der Waals surface area contributed by atoms with Crippen LogP contribution < -0.4 is 4.84 Å². The zero-order valence-electron chi connectivity index (χ0n) is 11.7. The zero-order valence-corrected chi connectivity index (χ0v) is 12.5. The van der Waals surface area contributed by atoms with Crippen molar-refractivity contribution in [2.24, 2.45) is 0 Å². The Hall–Kier alpha value is -2.10. The van der Waals surface area contributed by atoms with Crippen molar-refractivity contribution < 1.29 is 4.84 Å². The Kier molecular flexibility index (Phi) is 4.66. The Morgan fingerprint density at radius 1 is 0.762 bits per heavy atom. The van der Waals surface area contributed by atoms with E-state index in [-0.39, 0.29) is 0 Å². The van der Waals surface area contributed by atoms with E-state index in [4.69, 9.17) is 4.84 Å². The highest BCUT2D eigenvalue weighted by Crippen LogP contribution is 2.18. The topological polar surface area (TPSA) is 12.5 Å². The number of thiophene rings is 1. The van der Waals surface area contributed by atoms with Gasteiger partial charge in [0.1, 0.15) is 5.75 Å². The number of benzene rings is 2. The summed E-state index contributed by atoms with van der Waals surface area (Å²) in [6.45, 7) is 1.54. The van der Waals surface area contributed by atoms with Gasteiger partial charge in [-0.2, -0.15) is 0 Å². The van der Waals surface area contributed by atoms with Crippen LogP contribution in [0.25, 0.3) is 0 Å². The summed E-state index contributed by atoms with van der Waals surface area (Å²) in [5.41, 5.74) is 1.24. The van der Waals surface area contributed by atoms with Crippen LogP contribution in [0.4, 0.5) is 0 Å². The molecule has 0 saturated carbocycles. The maximum Gasteiger partial charge on any atom is 0.147 e. The number of para-hydroxylation sites is 1. The largest absolute Gasteiger partial charge is 0.405 e. The summed E-state index contributed by atoms with van der Waals surface area (Å²) < 4.78 is 0. The number of hydrogen-bond donors (Lipinski definition) is 0. The van der Waals surface area contributed by atoms with E-state index in [2.05, 4.69) is 41.8 Å². The van der Waals surface area contributed by atoms with Crippen molar-refractivity contribution in [1.82, 2.24) is 5.06 Å². The summed E-state index contributed by atoms with van der Waals surface area (Å²) in [6, 6.07) is 24.5. The van der Waals surface area contributed by atoms with Crippen molar-refractivity contribution in [2.45, 2.75) is 13.1 Å². The smallest absolute Gasteiger partial charge is 0.147 e. The Morgan fingerprint density at radius 3 is 2.14 bits per heavy atom. The molecular weight excluding hydrogens is 278 g/mol. The predicted octanol–water partition coefficient (Wildman–Crippen LogP) is 4.74. The molecule has 0 atom stereocenters. The number of hydrogen-bond acceptors (Lipinski definition) is 3. The molecule has 0 aliphatic rings. The third-order valence-electron chi connectivity index (χ3n) is 3.09.